The highest BCUT2D eigenvalue weighted by atomic mass is 35.5. The Kier molecular flexibility index (Phi) is 6.01. The smallest absolute Gasteiger partial charge is 0.276 e. The summed E-state index contributed by atoms with van der Waals surface area (Å²) in [5.74, 6) is 0.656. The Morgan fingerprint density at radius 2 is 1.87 bits per heavy atom. The third kappa shape index (κ3) is 4.97. The molecule has 23 heavy (non-hydrogen) atoms. The van der Waals surface area contributed by atoms with Crippen molar-refractivity contribution in [2.24, 2.45) is 5.10 Å². The minimum absolute atomic E-state index is 0.0922. The molecule has 1 N–H and O–H groups in total. The van der Waals surface area contributed by atoms with Gasteiger partial charge in [0.2, 0.25) is 0 Å². The summed E-state index contributed by atoms with van der Waals surface area (Å²) in [5, 5.41) is 4.27. The molecule has 7 heteroatoms. The van der Waals surface area contributed by atoms with Crippen LogP contribution in [0.3, 0.4) is 0 Å². The van der Waals surface area contributed by atoms with Gasteiger partial charge < -0.3 is 4.74 Å². The molecule has 0 saturated heterocycles. The molecule has 0 aliphatic carbocycles. The Hall–Kier alpha value is -2.05. The second-order valence-corrected chi connectivity index (χ2v) is 6.79. The average molecular weight is 353 g/mol. The molecule has 0 heterocycles. The van der Waals surface area contributed by atoms with Crippen molar-refractivity contribution in [2.45, 2.75) is 18.2 Å². The third-order valence-corrected chi connectivity index (χ3v) is 4.37. The quantitative estimate of drug-likeness (QED) is 0.613. The van der Waals surface area contributed by atoms with Crippen molar-refractivity contribution < 1.29 is 13.2 Å². The van der Waals surface area contributed by atoms with Crippen LogP contribution in [0.4, 0.5) is 0 Å². The van der Waals surface area contributed by atoms with E-state index in [4.69, 9.17) is 16.3 Å². The van der Waals surface area contributed by atoms with E-state index < -0.39 is 10.0 Å². The summed E-state index contributed by atoms with van der Waals surface area (Å²) < 4.78 is 29.8. The lowest BCUT2D eigenvalue weighted by molar-refractivity contribution is 0.317. The predicted molar refractivity (Wildman–Crippen MR) is 91.6 cm³/mol. The van der Waals surface area contributed by atoms with Crippen molar-refractivity contribution in [1.29, 1.82) is 0 Å². The summed E-state index contributed by atoms with van der Waals surface area (Å²) in [5.41, 5.74) is 0.694. The molecule has 122 valence electrons. The molecule has 0 saturated carbocycles. The van der Waals surface area contributed by atoms with Crippen molar-refractivity contribution in [3.63, 3.8) is 0 Å². The van der Waals surface area contributed by atoms with E-state index in [1.54, 1.807) is 6.07 Å². The van der Waals surface area contributed by atoms with Crippen molar-refractivity contribution >= 4 is 27.8 Å². The molecule has 0 aromatic heterocycles. The van der Waals surface area contributed by atoms with Gasteiger partial charge in [-0.25, -0.2) is 4.83 Å². The Labute approximate surface area is 141 Å². The lowest BCUT2D eigenvalue weighted by Crippen LogP contribution is -2.18. The standard InChI is InChI=1S/C16H17ClN2O3S/c1-2-11-22-16-6-4-3-5-13(16)12-18-19-23(20,21)15-9-7-14(17)8-10-15/h3-10,12,19H,2,11H2,1H3/b18-12+. The number of para-hydroxylation sites is 1. The maximum atomic E-state index is 12.1. The number of halogens is 1. The van der Waals surface area contributed by atoms with Gasteiger partial charge in [-0.3, -0.25) is 0 Å². The van der Waals surface area contributed by atoms with Gasteiger partial charge in [0.05, 0.1) is 17.7 Å². The first-order valence-electron chi connectivity index (χ1n) is 7.05. The monoisotopic (exact) mass is 352 g/mol. The highest BCUT2D eigenvalue weighted by molar-refractivity contribution is 7.89. The number of rotatable bonds is 7. The average Bonchev–Trinajstić information content (AvgIpc) is 2.54. The Morgan fingerprint density at radius 3 is 2.57 bits per heavy atom. The Bertz CT molecular complexity index is 774. The summed E-state index contributed by atoms with van der Waals surface area (Å²) in [6.45, 7) is 2.60. The Balaban J connectivity index is 2.11. The molecule has 0 atom stereocenters. The molecular weight excluding hydrogens is 336 g/mol. The highest BCUT2D eigenvalue weighted by Gasteiger charge is 2.12. The number of hydrogen-bond acceptors (Lipinski definition) is 4. The van der Waals surface area contributed by atoms with E-state index in [9.17, 15) is 8.42 Å². The number of benzene rings is 2. The maximum Gasteiger partial charge on any atom is 0.276 e. The minimum atomic E-state index is -3.72. The second-order valence-electron chi connectivity index (χ2n) is 4.69. The van der Waals surface area contributed by atoms with Gasteiger partial charge in [-0.2, -0.15) is 13.5 Å². The van der Waals surface area contributed by atoms with E-state index in [1.165, 1.54) is 30.5 Å². The first-order valence-corrected chi connectivity index (χ1v) is 8.91. The zero-order valence-corrected chi connectivity index (χ0v) is 14.1. The molecule has 0 amide bonds. The van der Waals surface area contributed by atoms with Crippen molar-refractivity contribution in [3.05, 3.63) is 59.1 Å². The van der Waals surface area contributed by atoms with Crippen LogP contribution < -0.4 is 9.57 Å². The van der Waals surface area contributed by atoms with Crippen LogP contribution in [0.2, 0.25) is 5.02 Å². The van der Waals surface area contributed by atoms with Crippen molar-refractivity contribution in [1.82, 2.24) is 4.83 Å². The fourth-order valence-electron chi connectivity index (χ4n) is 1.76. The van der Waals surface area contributed by atoms with Gasteiger partial charge in [-0.15, -0.1) is 0 Å². The normalized spacial score (nSPS) is 11.6. The fraction of sp³-hybridized carbons (Fsp3) is 0.188. The molecule has 0 aliphatic heterocycles. The molecular formula is C16H17ClN2O3S. The van der Waals surface area contributed by atoms with Gasteiger partial charge in [0, 0.05) is 10.6 Å². The molecule has 0 bridgehead atoms. The fourth-order valence-corrected chi connectivity index (χ4v) is 2.68. The van der Waals surface area contributed by atoms with Crippen LogP contribution in [0, 0.1) is 0 Å². The molecule has 0 unspecified atom stereocenters. The zero-order valence-electron chi connectivity index (χ0n) is 12.6. The van der Waals surface area contributed by atoms with Crippen LogP contribution in [0.1, 0.15) is 18.9 Å². The van der Waals surface area contributed by atoms with E-state index in [-0.39, 0.29) is 4.90 Å². The number of ether oxygens (including phenoxy) is 1. The van der Waals surface area contributed by atoms with Crippen LogP contribution in [0.5, 0.6) is 5.75 Å². The van der Waals surface area contributed by atoms with E-state index >= 15 is 0 Å². The van der Waals surface area contributed by atoms with Crippen LogP contribution >= 0.6 is 11.6 Å². The van der Waals surface area contributed by atoms with Gasteiger partial charge in [0.1, 0.15) is 5.75 Å². The van der Waals surface area contributed by atoms with Crippen LogP contribution in [-0.2, 0) is 10.0 Å². The van der Waals surface area contributed by atoms with Gasteiger partial charge in [-0.05, 0) is 42.8 Å². The molecule has 2 rings (SSSR count). The van der Waals surface area contributed by atoms with Gasteiger partial charge >= 0.3 is 0 Å². The number of sulfonamides is 1. The zero-order chi connectivity index (χ0) is 16.7. The maximum absolute atomic E-state index is 12.1. The molecule has 0 spiro atoms. The lowest BCUT2D eigenvalue weighted by atomic mass is 10.2. The summed E-state index contributed by atoms with van der Waals surface area (Å²) in [4.78, 5) is 2.26. The first-order chi connectivity index (χ1) is 11.0. The van der Waals surface area contributed by atoms with Gasteiger partial charge in [0.15, 0.2) is 0 Å². The molecule has 0 fully saturated rings. The first kappa shape index (κ1) is 17.3. The molecule has 2 aromatic rings. The summed E-state index contributed by atoms with van der Waals surface area (Å²) in [6.07, 6.45) is 2.30. The number of nitrogens with zero attached hydrogens (tertiary/aromatic N) is 1. The van der Waals surface area contributed by atoms with Crippen LogP contribution in [0.15, 0.2) is 58.5 Å². The SMILES string of the molecule is CCCOc1ccccc1/C=N/NS(=O)(=O)c1ccc(Cl)cc1. The number of nitrogens with one attached hydrogen (secondary N) is 1. The molecule has 5 nitrogen and oxygen atoms in total. The molecule has 2 aromatic carbocycles. The summed E-state index contributed by atoms with van der Waals surface area (Å²) in [6, 6.07) is 13.1. The minimum Gasteiger partial charge on any atom is -0.493 e. The molecule has 0 aliphatic rings. The number of hydrazone groups is 1. The van der Waals surface area contributed by atoms with Crippen molar-refractivity contribution in [3.8, 4) is 5.75 Å². The van der Waals surface area contributed by atoms with Crippen molar-refractivity contribution in [2.75, 3.05) is 6.61 Å². The highest BCUT2D eigenvalue weighted by Crippen LogP contribution is 2.16. The number of hydrogen-bond donors (Lipinski definition) is 1. The summed E-state index contributed by atoms with van der Waals surface area (Å²) >= 11 is 5.75. The van der Waals surface area contributed by atoms with Crippen LogP contribution in [0.25, 0.3) is 0 Å². The van der Waals surface area contributed by atoms with Crippen LogP contribution in [-0.4, -0.2) is 21.2 Å². The molecule has 0 radical (unpaired) electrons. The van der Waals surface area contributed by atoms with E-state index in [0.29, 0.717) is 22.9 Å². The van der Waals surface area contributed by atoms with E-state index in [2.05, 4.69) is 9.93 Å². The lowest BCUT2D eigenvalue weighted by Gasteiger charge is -2.07. The largest absolute Gasteiger partial charge is 0.493 e. The third-order valence-electron chi connectivity index (χ3n) is 2.88. The van der Waals surface area contributed by atoms with E-state index in [0.717, 1.165) is 6.42 Å². The Morgan fingerprint density at radius 1 is 1.17 bits per heavy atom. The second kappa shape index (κ2) is 7.99. The predicted octanol–water partition coefficient (Wildman–Crippen LogP) is 3.44. The summed E-state index contributed by atoms with van der Waals surface area (Å²) in [7, 11) is -3.72. The van der Waals surface area contributed by atoms with E-state index in [1.807, 2.05) is 25.1 Å². The van der Waals surface area contributed by atoms with Gasteiger partial charge in [0.25, 0.3) is 10.0 Å². The topological polar surface area (TPSA) is 67.8 Å². The van der Waals surface area contributed by atoms with Gasteiger partial charge in [-0.1, -0.05) is 30.7 Å².